The number of aliphatic hydroxyl groups excluding tert-OH is 2. The highest BCUT2D eigenvalue weighted by Gasteiger charge is 2.48. The standard InChI is InChI=1S/C11H18O7/c1-5-17-10(16)11(4,8(14)6(2)12)18-9(15)7(3)13/h6-7,12-13H,5H2,1-4H3. The Morgan fingerprint density at radius 2 is 1.67 bits per heavy atom. The van der Waals surface area contributed by atoms with Crippen LogP contribution in [0, 0.1) is 0 Å². The number of carbonyl (C=O) groups is 3. The van der Waals surface area contributed by atoms with Crippen LogP contribution in [0.5, 0.6) is 0 Å². The molecule has 0 rings (SSSR count). The van der Waals surface area contributed by atoms with Crippen molar-refractivity contribution in [1.82, 2.24) is 0 Å². The number of Topliss-reactive ketones (excluding diaryl/α,β-unsaturated/α-hetero) is 1. The summed E-state index contributed by atoms with van der Waals surface area (Å²) in [6.45, 7) is 4.77. The van der Waals surface area contributed by atoms with E-state index < -0.39 is 35.5 Å². The number of hydrogen-bond donors (Lipinski definition) is 2. The number of ether oxygens (including phenoxy) is 2. The molecule has 7 nitrogen and oxygen atoms in total. The second-order valence-corrected chi connectivity index (χ2v) is 3.89. The van der Waals surface area contributed by atoms with Crippen molar-refractivity contribution in [1.29, 1.82) is 0 Å². The lowest BCUT2D eigenvalue weighted by Crippen LogP contribution is -2.53. The molecule has 7 heteroatoms. The molecule has 0 aliphatic carbocycles. The summed E-state index contributed by atoms with van der Waals surface area (Å²) >= 11 is 0. The van der Waals surface area contributed by atoms with Crippen LogP contribution in [-0.2, 0) is 23.9 Å². The molecule has 0 aromatic rings. The molecule has 0 aliphatic rings. The van der Waals surface area contributed by atoms with Crippen LogP contribution in [0.25, 0.3) is 0 Å². The van der Waals surface area contributed by atoms with Crippen molar-refractivity contribution in [3.8, 4) is 0 Å². The molecule has 104 valence electrons. The zero-order valence-electron chi connectivity index (χ0n) is 10.8. The van der Waals surface area contributed by atoms with Gasteiger partial charge in [-0.1, -0.05) is 0 Å². The van der Waals surface area contributed by atoms with Gasteiger partial charge in [0.05, 0.1) is 6.61 Å². The van der Waals surface area contributed by atoms with E-state index in [-0.39, 0.29) is 6.61 Å². The van der Waals surface area contributed by atoms with E-state index in [1.54, 1.807) is 0 Å². The summed E-state index contributed by atoms with van der Waals surface area (Å²) in [6.07, 6.45) is -3.01. The molecule has 0 aromatic heterocycles. The molecule has 0 radical (unpaired) electrons. The number of aliphatic hydroxyl groups is 2. The minimum absolute atomic E-state index is 0.0201. The normalized spacial score (nSPS) is 17.2. The number of hydrogen-bond acceptors (Lipinski definition) is 7. The highest BCUT2D eigenvalue weighted by Crippen LogP contribution is 2.18. The monoisotopic (exact) mass is 262 g/mol. The zero-order chi connectivity index (χ0) is 14.5. The second kappa shape index (κ2) is 6.46. The summed E-state index contributed by atoms with van der Waals surface area (Å²) in [4.78, 5) is 34.7. The van der Waals surface area contributed by atoms with E-state index in [0.29, 0.717) is 0 Å². The van der Waals surface area contributed by atoms with Gasteiger partial charge in [0.25, 0.3) is 5.60 Å². The fourth-order valence-corrected chi connectivity index (χ4v) is 1.15. The maximum Gasteiger partial charge on any atom is 0.358 e. The maximum atomic E-state index is 11.7. The molecule has 0 aromatic carbocycles. The summed E-state index contributed by atoms with van der Waals surface area (Å²) in [6, 6.07) is 0. The summed E-state index contributed by atoms with van der Waals surface area (Å²) in [5.74, 6) is -3.26. The van der Waals surface area contributed by atoms with Crippen LogP contribution in [0.3, 0.4) is 0 Å². The van der Waals surface area contributed by atoms with Crippen LogP contribution >= 0.6 is 0 Å². The summed E-state index contributed by atoms with van der Waals surface area (Å²) in [5, 5.41) is 18.2. The molecule has 0 bridgehead atoms. The molecule has 2 N–H and O–H groups in total. The van der Waals surface area contributed by atoms with Crippen molar-refractivity contribution >= 4 is 17.7 Å². The van der Waals surface area contributed by atoms with Crippen LogP contribution in [0.2, 0.25) is 0 Å². The van der Waals surface area contributed by atoms with Gasteiger partial charge in [-0.3, -0.25) is 4.79 Å². The first-order valence-corrected chi connectivity index (χ1v) is 5.47. The van der Waals surface area contributed by atoms with Gasteiger partial charge in [0.2, 0.25) is 5.78 Å². The Morgan fingerprint density at radius 3 is 2.00 bits per heavy atom. The molecule has 0 aliphatic heterocycles. The second-order valence-electron chi connectivity index (χ2n) is 3.89. The van der Waals surface area contributed by atoms with Gasteiger partial charge in [-0.15, -0.1) is 0 Å². The number of esters is 2. The summed E-state index contributed by atoms with van der Waals surface area (Å²) < 4.78 is 9.29. The lowest BCUT2D eigenvalue weighted by Gasteiger charge is -2.27. The lowest BCUT2D eigenvalue weighted by atomic mass is 9.97. The third kappa shape index (κ3) is 3.78. The van der Waals surface area contributed by atoms with Gasteiger partial charge in [-0.05, 0) is 27.7 Å². The van der Waals surface area contributed by atoms with E-state index in [9.17, 15) is 19.5 Å². The van der Waals surface area contributed by atoms with E-state index in [1.165, 1.54) is 6.92 Å². The van der Waals surface area contributed by atoms with Gasteiger partial charge in [0, 0.05) is 0 Å². The minimum atomic E-state index is -2.27. The molecule has 0 fully saturated rings. The predicted octanol–water partition coefficient (Wildman–Crippen LogP) is -0.818. The third-order valence-corrected chi connectivity index (χ3v) is 2.16. The Hall–Kier alpha value is -1.47. The Morgan fingerprint density at radius 1 is 1.17 bits per heavy atom. The molecule has 3 unspecified atom stereocenters. The van der Waals surface area contributed by atoms with Gasteiger partial charge in [0.1, 0.15) is 12.2 Å². The zero-order valence-corrected chi connectivity index (χ0v) is 10.8. The molecule has 0 heterocycles. The fourth-order valence-electron chi connectivity index (χ4n) is 1.15. The molecule has 18 heavy (non-hydrogen) atoms. The van der Waals surface area contributed by atoms with Gasteiger partial charge in [0.15, 0.2) is 0 Å². The average molecular weight is 262 g/mol. The smallest absolute Gasteiger partial charge is 0.358 e. The topological polar surface area (TPSA) is 110 Å². The summed E-state index contributed by atoms with van der Waals surface area (Å²) in [7, 11) is 0. The van der Waals surface area contributed by atoms with Crippen molar-refractivity contribution in [2.45, 2.75) is 45.5 Å². The average Bonchev–Trinajstić information content (AvgIpc) is 2.27. The Labute approximate surface area is 105 Å². The molecule has 0 saturated heterocycles. The summed E-state index contributed by atoms with van der Waals surface area (Å²) in [5.41, 5.74) is -2.27. The number of ketones is 1. The van der Waals surface area contributed by atoms with E-state index >= 15 is 0 Å². The van der Waals surface area contributed by atoms with Crippen LogP contribution in [0.1, 0.15) is 27.7 Å². The first-order valence-electron chi connectivity index (χ1n) is 5.47. The molecule has 0 amide bonds. The maximum absolute atomic E-state index is 11.7. The van der Waals surface area contributed by atoms with Crippen molar-refractivity contribution in [3.63, 3.8) is 0 Å². The van der Waals surface area contributed by atoms with Crippen LogP contribution in [0.4, 0.5) is 0 Å². The quantitative estimate of drug-likeness (QED) is 0.475. The van der Waals surface area contributed by atoms with Gasteiger partial charge in [-0.25, -0.2) is 9.59 Å². The van der Waals surface area contributed by atoms with Crippen molar-refractivity contribution in [2.75, 3.05) is 6.61 Å². The molecule has 0 saturated carbocycles. The van der Waals surface area contributed by atoms with E-state index in [1.807, 2.05) is 0 Å². The predicted molar refractivity (Wildman–Crippen MR) is 59.5 cm³/mol. The Bertz CT molecular complexity index is 334. The first-order chi connectivity index (χ1) is 8.16. The first kappa shape index (κ1) is 16.5. The fraction of sp³-hybridized carbons (Fsp3) is 0.727. The Balaban J connectivity index is 5.22. The highest BCUT2D eigenvalue weighted by atomic mass is 16.6. The largest absolute Gasteiger partial charge is 0.463 e. The lowest BCUT2D eigenvalue weighted by molar-refractivity contribution is -0.190. The van der Waals surface area contributed by atoms with Crippen LogP contribution < -0.4 is 0 Å². The van der Waals surface area contributed by atoms with Crippen LogP contribution in [-0.4, -0.2) is 52.4 Å². The molecule has 0 spiro atoms. The van der Waals surface area contributed by atoms with Crippen LogP contribution in [0.15, 0.2) is 0 Å². The van der Waals surface area contributed by atoms with Crippen molar-refractivity contribution in [3.05, 3.63) is 0 Å². The van der Waals surface area contributed by atoms with E-state index in [4.69, 9.17) is 5.11 Å². The molecule has 3 atom stereocenters. The number of rotatable bonds is 6. The van der Waals surface area contributed by atoms with Crippen molar-refractivity contribution < 1.29 is 34.1 Å². The minimum Gasteiger partial charge on any atom is -0.463 e. The van der Waals surface area contributed by atoms with E-state index in [0.717, 1.165) is 20.8 Å². The van der Waals surface area contributed by atoms with Gasteiger partial charge < -0.3 is 19.7 Å². The molecular weight excluding hydrogens is 244 g/mol. The Kier molecular flexibility index (Phi) is 5.93. The van der Waals surface area contributed by atoms with Gasteiger partial charge >= 0.3 is 11.9 Å². The third-order valence-electron chi connectivity index (χ3n) is 2.16. The van der Waals surface area contributed by atoms with E-state index in [2.05, 4.69) is 9.47 Å². The van der Waals surface area contributed by atoms with Gasteiger partial charge in [-0.2, -0.15) is 0 Å². The number of carbonyl (C=O) groups excluding carboxylic acids is 3. The SMILES string of the molecule is CCOC(=O)C(C)(OC(=O)C(C)O)C(=O)C(C)O. The molecular formula is C11H18O7. The highest BCUT2D eigenvalue weighted by molar-refractivity contribution is 6.10. The van der Waals surface area contributed by atoms with Crippen molar-refractivity contribution in [2.24, 2.45) is 0 Å².